The van der Waals surface area contributed by atoms with E-state index < -0.39 is 23.2 Å². The van der Waals surface area contributed by atoms with Crippen molar-refractivity contribution in [3.8, 4) is 12.3 Å². The predicted octanol–water partition coefficient (Wildman–Crippen LogP) is 0.435. The summed E-state index contributed by atoms with van der Waals surface area (Å²) in [5, 5.41) is 8.91. The summed E-state index contributed by atoms with van der Waals surface area (Å²) in [6.45, 7) is 3.80. The molecule has 0 aromatic carbocycles. The lowest BCUT2D eigenvalue weighted by Crippen LogP contribution is -2.30. The molecule has 1 N–H and O–H groups in total. The SMILES string of the molecule is C#CCN(C)C(=O)[C@H]1[C@@H](C(=O)O)C1(C)C. The van der Waals surface area contributed by atoms with E-state index in [2.05, 4.69) is 5.92 Å². The molecule has 1 rings (SSSR count). The molecule has 0 aromatic heterocycles. The Bertz CT molecular complexity index is 340. The second kappa shape index (κ2) is 3.58. The lowest BCUT2D eigenvalue weighted by molar-refractivity contribution is -0.141. The maximum absolute atomic E-state index is 11.8. The van der Waals surface area contributed by atoms with Gasteiger partial charge in [0.25, 0.3) is 0 Å². The van der Waals surface area contributed by atoms with Crippen molar-refractivity contribution >= 4 is 11.9 Å². The van der Waals surface area contributed by atoms with E-state index >= 15 is 0 Å². The van der Waals surface area contributed by atoms with Crippen LogP contribution in [0.25, 0.3) is 0 Å². The van der Waals surface area contributed by atoms with E-state index in [9.17, 15) is 9.59 Å². The van der Waals surface area contributed by atoms with Gasteiger partial charge >= 0.3 is 5.97 Å². The van der Waals surface area contributed by atoms with Crippen molar-refractivity contribution in [2.45, 2.75) is 13.8 Å². The molecule has 1 aliphatic rings. The van der Waals surface area contributed by atoms with Gasteiger partial charge in [0, 0.05) is 7.05 Å². The summed E-state index contributed by atoms with van der Waals surface area (Å²) in [5.74, 6) is 0.260. The first-order valence-electron chi connectivity index (χ1n) is 4.75. The van der Waals surface area contributed by atoms with Gasteiger partial charge in [0.15, 0.2) is 0 Å². The van der Waals surface area contributed by atoms with Crippen molar-refractivity contribution < 1.29 is 14.7 Å². The highest BCUT2D eigenvalue weighted by atomic mass is 16.4. The Morgan fingerprint density at radius 2 is 2.00 bits per heavy atom. The Kier molecular flexibility index (Phi) is 2.76. The normalized spacial score (nSPS) is 26.5. The summed E-state index contributed by atoms with van der Waals surface area (Å²) in [5.41, 5.74) is -0.453. The quantitative estimate of drug-likeness (QED) is 0.686. The number of carbonyl (C=O) groups is 2. The van der Waals surface area contributed by atoms with E-state index in [-0.39, 0.29) is 12.5 Å². The average Bonchev–Trinajstić information content (AvgIpc) is 2.68. The molecule has 1 fully saturated rings. The maximum atomic E-state index is 11.8. The molecular formula is C11H15NO3. The molecule has 1 amide bonds. The van der Waals surface area contributed by atoms with Crippen LogP contribution < -0.4 is 0 Å². The lowest BCUT2D eigenvalue weighted by Gasteiger charge is -2.14. The van der Waals surface area contributed by atoms with Gasteiger partial charge in [-0.25, -0.2) is 0 Å². The van der Waals surface area contributed by atoms with Crippen LogP contribution in [0.2, 0.25) is 0 Å². The third-order valence-corrected chi connectivity index (χ3v) is 3.06. The second-order valence-electron chi connectivity index (χ2n) is 4.51. The van der Waals surface area contributed by atoms with Gasteiger partial charge in [-0.15, -0.1) is 6.42 Å². The van der Waals surface area contributed by atoms with Gasteiger partial charge < -0.3 is 10.0 Å². The first kappa shape index (κ1) is 11.6. The maximum Gasteiger partial charge on any atom is 0.307 e. The Balaban J connectivity index is 2.73. The minimum atomic E-state index is -0.910. The first-order chi connectivity index (χ1) is 6.84. The number of rotatable bonds is 3. The summed E-state index contributed by atoms with van der Waals surface area (Å²) >= 11 is 0. The molecule has 0 radical (unpaired) electrons. The number of nitrogens with zero attached hydrogens (tertiary/aromatic N) is 1. The molecule has 0 aliphatic heterocycles. The monoisotopic (exact) mass is 209 g/mol. The number of terminal acetylenes is 1. The minimum absolute atomic E-state index is 0.176. The van der Waals surface area contributed by atoms with Crippen molar-refractivity contribution in [1.82, 2.24) is 4.90 Å². The summed E-state index contributed by atoms with van der Waals surface area (Å²) in [7, 11) is 1.59. The third-order valence-electron chi connectivity index (χ3n) is 3.06. The third kappa shape index (κ3) is 1.82. The summed E-state index contributed by atoms with van der Waals surface area (Å²) in [6, 6.07) is 0. The number of aliphatic carboxylic acids is 1. The van der Waals surface area contributed by atoms with Gasteiger partial charge in [-0.1, -0.05) is 19.8 Å². The van der Waals surface area contributed by atoms with Crippen molar-refractivity contribution in [3.63, 3.8) is 0 Å². The number of amides is 1. The highest BCUT2D eigenvalue weighted by Crippen LogP contribution is 2.58. The zero-order chi connectivity index (χ0) is 11.8. The fourth-order valence-corrected chi connectivity index (χ4v) is 2.01. The van der Waals surface area contributed by atoms with Gasteiger partial charge in [0.2, 0.25) is 5.91 Å². The average molecular weight is 209 g/mol. The summed E-state index contributed by atoms with van der Waals surface area (Å²) in [6.07, 6.45) is 5.09. The second-order valence-corrected chi connectivity index (χ2v) is 4.51. The van der Waals surface area contributed by atoms with E-state index in [0.717, 1.165) is 0 Å². The number of carbonyl (C=O) groups excluding carboxylic acids is 1. The molecule has 0 spiro atoms. The fraction of sp³-hybridized carbons (Fsp3) is 0.636. The van der Waals surface area contributed by atoms with Crippen LogP contribution in [0, 0.1) is 29.6 Å². The van der Waals surface area contributed by atoms with E-state index in [1.165, 1.54) is 4.90 Å². The fourth-order valence-electron chi connectivity index (χ4n) is 2.01. The molecule has 4 heteroatoms. The Labute approximate surface area is 89.3 Å². The lowest BCUT2D eigenvalue weighted by atomic mass is 10.1. The van der Waals surface area contributed by atoms with Crippen LogP contribution in [0.1, 0.15) is 13.8 Å². The van der Waals surface area contributed by atoms with E-state index in [1.807, 2.05) is 0 Å². The van der Waals surface area contributed by atoms with Gasteiger partial charge in [0.05, 0.1) is 18.4 Å². The molecule has 0 unspecified atom stereocenters. The zero-order valence-corrected chi connectivity index (χ0v) is 9.15. The van der Waals surface area contributed by atoms with Gasteiger partial charge in [-0.3, -0.25) is 9.59 Å². The first-order valence-corrected chi connectivity index (χ1v) is 4.75. The topological polar surface area (TPSA) is 57.6 Å². The van der Waals surface area contributed by atoms with Crippen LogP contribution >= 0.6 is 0 Å². The van der Waals surface area contributed by atoms with E-state index in [4.69, 9.17) is 11.5 Å². The van der Waals surface area contributed by atoms with Crippen LogP contribution in [-0.2, 0) is 9.59 Å². The highest BCUT2D eigenvalue weighted by Gasteiger charge is 2.66. The molecule has 0 aromatic rings. The molecule has 1 aliphatic carbocycles. The van der Waals surface area contributed by atoms with Gasteiger partial charge in [0.1, 0.15) is 0 Å². The molecule has 0 bridgehead atoms. The van der Waals surface area contributed by atoms with Crippen molar-refractivity contribution in [3.05, 3.63) is 0 Å². The molecule has 15 heavy (non-hydrogen) atoms. The molecular weight excluding hydrogens is 194 g/mol. The molecule has 2 atom stereocenters. The van der Waals surface area contributed by atoms with Gasteiger partial charge in [-0.05, 0) is 5.41 Å². The van der Waals surface area contributed by atoms with Crippen molar-refractivity contribution in [2.75, 3.05) is 13.6 Å². The zero-order valence-electron chi connectivity index (χ0n) is 9.15. The number of carboxylic acid groups (broad SMARTS) is 1. The minimum Gasteiger partial charge on any atom is -0.481 e. The van der Waals surface area contributed by atoms with Crippen LogP contribution in [0.3, 0.4) is 0 Å². The van der Waals surface area contributed by atoms with Crippen molar-refractivity contribution in [2.24, 2.45) is 17.3 Å². The predicted molar refractivity (Wildman–Crippen MR) is 54.9 cm³/mol. The molecule has 82 valence electrons. The van der Waals surface area contributed by atoms with Crippen LogP contribution in [0.15, 0.2) is 0 Å². The molecule has 0 saturated heterocycles. The Morgan fingerprint density at radius 3 is 2.33 bits per heavy atom. The van der Waals surface area contributed by atoms with Crippen molar-refractivity contribution in [1.29, 1.82) is 0 Å². The van der Waals surface area contributed by atoms with Crippen LogP contribution in [0.5, 0.6) is 0 Å². The van der Waals surface area contributed by atoms with Crippen LogP contribution in [-0.4, -0.2) is 35.5 Å². The highest BCUT2D eigenvalue weighted by molar-refractivity contribution is 5.91. The number of hydrogen-bond donors (Lipinski definition) is 1. The smallest absolute Gasteiger partial charge is 0.307 e. The summed E-state index contributed by atoms with van der Waals surface area (Å²) < 4.78 is 0. The number of carboxylic acids is 1. The number of hydrogen-bond acceptors (Lipinski definition) is 2. The Hall–Kier alpha value is -1.50. The molecule has 4 nitrogen and oxygen atoms in total. The Morgan fingerprint density at radius 1 is 1.47 bits per heavy atom. The summed E-state index contributed by atoms with van der Waals surface area (Å²) in [4.78, 5) is 24.1. The largest absolute Gasteiger partial charge is 0.481 e. The van der Waals surface area contributed by atoms with Gasteiger partial charge in [-0.2, -0.15) is 0 Å². The van der Waals surface area contributed by atoms with E-state index in [1.54, 1.807) is 20.9 Å². The molecule has 1 saturated carbocycles. The molecule has 0 heterocycles. The standard InChI is InChI=1S/C11H15NO3/c1-5-6-12(4)9(13)7-8(10(14)15)11(7,2)3/h1,7-8H,6H2,2-4H3,(H,14,15)/t7-,8+/m1/s1. The van der Waals surface area contributed by atoms with Crippen LogP contribution in [0.4, 0.5) is 0 Å². The van der Waals surface area contributed by atoms with E-state index in [0.29, 0.717) is 0 Å².